The van der Waals surface area contributed by atoms with Crippen LogP contribution in [0.3, 0.4) is 0 Å². The number of hydrogen-bond donors (Lipinski definition) is 1. The summed E-state index contributed by atoms with van der Waals surface area (Å²) in [6.45, 7) is 0.589. The van der Waals surface area contributed by atoms with E-state index in [0.29, 0.717) is 6.54 Å². The molecule has 1 aromatic heterocycles. The van der Waals surface area contributed by atoms with Gasteiger partial charge in [-0.15, -0.1) is 0 Å². The summed E-state index contributed by atoms with van der Waals surface area (Å²) in [5.74, 6) is 0. The molecule has 3 aromatic rings. The highest BCUT2D eigenvalue weighted by molar-refractivity contribution is 6.30. The molecule has 0 aliphatic heterocycles. The topological polar surface area (TPSA) is 43.8 Å². The highest BCUT2D eigenvalue weighted by atomic mass is 35.5. The first-order valence-corrected chi connectivity index (χ1v) is 7.26. The highest BCUT2D eigenvalue weighted by Gasteiger charge is 2.11. The van der Waals surface area contributed by atoms with Gasteiger partial charge in [-0.1, -0.05) is 41.9 Å². The number of halogens is 1. The molecule has 4 heteroatoms. The number of benzene rings is 2. The molecule has 3 rings (SSSR count). The molecule has 2 aromatic carbocycles. The molecule has 0 aliphatic rings. The van der Waals surface area contributed by atoms with Crippen LogP contribution in [0.2, 0.25) is 5.02 Å². The summed E-state index contributed by atoms with van der Waals surface area (Å²) in [4.78, 5) is 0. The molecule has 0 spiro atoms. The Bertz CT molecular complexity index is 718. The Balaban J connectivity index is 2.11. The summed E-state index contributed by atoms with van der Waals surface area (Å²) >= 11 is 5.97. The minimum atomic E-state index is 0.589. The SMILES string of the molecule is NCCc1cc(-c2ccc(Cl)cc2)n(-c2ccccc2)n1. The van der Waals surface area contributed by atoms with Gasteiger partial charge < -0.3 is 5.73 Å². The summed E-state index contributed by atoms with van der Waals surface area (Å²) in [7, 11) is 0. The van der Waals surface area contributed by atoms with E-state index >= 15 is 0 Å². The number of aromatic nitrogens is 2. The molecule has 0 atom stereocenters. The lowest BCUT2D eigenvalue weighted by Crippen LogP contribution is -2.04. The molecule has 3 nitrogen and oxygen atoms in total. The Kier molecular flexibility index (Phi) is 4.04. The maximum Gasteiger partial charge on any atom is 0.0743 e. The van der Waals surface area contributed by atoms with Crippen LogP contribution in [-0.2, 0) is 6.42 Å². The number of nitrogens with zero attached hydrogens (tertiary/aromatic N) is 2. The minimum absolute atomic E-state index is 0.589. The van der Waals surface area contributed by atoms with E-state index in [4.69, 9.17) is 17.3 Å². The van der Waals surface area contributed by atoms with Gasteiger partial charge in [-0.2, -0.15) is 5.10 Å². The molecule has 0 radical (unpaired) electrons. The van der Waals surface area contributed by atoms with E-state index in [1.54, 1.807) is 0 Å². The second kappa shape index (κ2) is 6.12. The van der Waals surface area contributed by atoms with Crippen LogP contribution < -0.4 is 5.73 Å². The molecular weight excluding hydrogens is 282 g/mol. The number of hydrogen-bond acceptors (Lipinski definition) is 2. The lowest BCUT2D eigenvalue weighted by Gasteiger charge is -2.07. The van der Waals surface area contributed by atoms with Crippen LogP contribution in [0.25, 0.3) is 16.9 Å². The molecule has 0 unspecified atom stereocenters. The summed E-state index contributed by atoms with van der Waals surface area (Å²) < 4.78 is 1.95. The van der Waals surface area contributed by atoms with Crippen molar-refractivity contribution in [2.24, 2.45) is 5.73 Å². The van der Waals surface area contributed by atoms with Crippen LogP contribution in [0.15, 0.2) is 60.7 Å². The number of rotatable bonds is 4. The maximum absolute atomic E-state index is 5.97. The molecule has 21 heavy (non-hydrogen) atoms. The molecule has 1 heterocycles. The van der Waals surface area contributed by atoms with Crippen molar-refractivity contribution in [3.8, 4) is 16.9 Å². The Hall–Kier alpha value is -2.10. The van der Waals surface area contributed by atoms with E-state index in [-0.39, 0.29) is 0 Å². The average molecular weight is 298 g/mol. The first-order chi connectivity index (χ1) is 10.3. The first-order valence-electron chi connectivity index (χ1n) is 6.88. The van der Waals surface area contributed by atoms with Crippen molar-refractivity contribution in [1.82, 2.24) is 9.78 Å². The van der Waals surface area contributed by atoms with Gasteiger partial charge in [0, 0.05) is 17.0 Å². The largest absolute Gasteiger partial charge is 0.330 e. The second-order valence-corrected chi connectivity index (χ2v) is 5.25. The molecular formula is C17H16ClN3. The molecule has 0 fully saturated rings. The van der Waals surface area contributed by atoms with Crippen molar-refractivity contribution in [1.29, 1.82) is 0 Å². The van der Waals surface area contributed by atoms with E-state index < -0.39 is 0 Å². The smallest absolute Gasteiger partial charge is 0.0743 e. The van der Waals surface area contributed by atoms with Crippen molar-refractivity contribution in [2.45, 2.75) is 6.42 Å². The van der Waals surface area contributed by atoms with Crippen LogP contribution in [0.4, 0.5) is 0 Å². The Morgan fingerprint density at radius 2 is 1.71 bits per heavy atom. The fourth-order valence-electron chi connectivity index (χ4n) is 2.29. The third-order valence-electron chi connectivity index (χ3n) is 3.30. The van der Waals surface area contributed by atoms with Crippen LogP contribution in [0.1, 0.15) is 5.69 Å². The normalized spacial score (nSPS) is 10.8. The van der Waals surface area contributed by atoms with Crippen LogP contribution in [0, 0.1) is 0 Å². The van der Waals surface area contributed by atoms with Gasteiger partial charge in [0.1, 0.15) is 0 Å². The molecule has 0 bridgehead atoms. The summed E-state index contributed by atoms with van der Waals surface area (Å²) in [6, 6.07) is 20.0. The van der Waals surface area contributed by atoms with Gasteiger partial charge in [-0.05, 0) is 36.9 Å². The zero-order chi connectivity index (χ0) is 14.7. The quantitative estimate of drug-likeness (QED) is 0.798. The van der Waals surface area contributed by atoms with Crippen molar-refractivity contribution < 1.29 is 0 Å². The summed E-state index contributed by atoms with van der Waals surface area (Å²) in [5, 5.41) is 5.40. The number of para-hydroxylation sites is 1. The zero-order valence-electron chi connectivity index (χ0n) is 11.5. The van der Waals surface area contributed by atoms with Gasteiger partial charge in [0.2, 0.25) is 0 Å². The maximum atomic E-state index is 5.97. The fourth-order valence-corrected chi connectivity index (χ4v) is 2.42. The molecule has 0 saturated carbocycles. The van der Waals surface area contributed by atoms with Crippen molar-refractivity contribution in [3.63, 3.8) is 0 Å². The number of nitrogens with two attached hydrogens (primary N) is 1. The predicted octanol–water partition coefficient (Wildman–Crippen LogP) is 3.69. The molecule has 106 valence electrons. The zero-order valence-corrected chi connectivity index (χ0v) is 12.3. The van der Waals surface area contributed by atoms with Gasteiger partial charge in [-0.25, -0.2) is 4.68 Å². The van der Waals surface area contributed by atoms with Crippen molar-refractivity contribution >= 4 is 11.6 Å². The van der Waals surface area contributed by atoms with Crippen LogP contribution in [-0.4, -0.2) is 16.3 Å². The molecule has 2 N–H and O–H groups in total. The van der Waals surface area contributed by atoms with E-state index in [0.717, 1.165) is 34.1 Å². The van der Waals surface area contributed by atoms with Crippen molar-refractivity contribution in [3.05, 3.63) is 71.4 Å². The standard InChI is InChI=1S/C17H16ClN3/c18-14-8-6-13(7-9-14)17-12-15(10-11-19)20-21(17)16-4-2-1-3-5-16/h1-9,12H,10-11,19H2. The van der Waals surface area contributed by atoms with Crippen molar-refractivity contribution in [2.75, 3.05) is 6.54 Å². The van der Waals surface area contributed by atoms with Gasteiger partial charge in [0.25, 0.3) is 0 Å². The van der Waals surface area contributed by atoms with Gasteiger partial charge in [-0.3, -0.25) is 0 Å². The molecule has 0 amide bonds. The van der Waals surface area contributed by atoms with E-state index in [9.17, 15) is 0 Å². The minimum Gasteiger partial charge on any atom is -0.330 e. The van der Waals surface area contributed by atoms with Gasteiger partial charge >= 0.3 is 0 Å². The predicted molar refractivity (Wildman–Crippen MR) is 86.8 cm³/mol. The van der Waals surface area contributed by atoms with Crippen LogP contribution >= 0.6 is 11.6 Å². The van der Waals surface area contributed by atoms with E-state index in [1.807, 2.05) is 59.3 Å². The lowest BCUT2D eigenvalue weighted by atomic mass is 10.1. The monoisotopic (exact) mass is 297 g/mol. The fraction of sp³-hybridized carbons (Fsp3) is 0.118. The van der Waals surface area contributed by atoms with E-state index in [2.05, 4.69) is 11.2 Å². The third kappa shape index (κ3) is 2.99. The Morgan fingerprint density at radius 1 is 1.00 bits per heavy atom. The average Bonchev–Trinajstić information content (AvgIpc) is 2.93. The van der Waals surface area contributed by atoms with E-state index in [1.165, 1.54) is 0 Å². The first kappa shape index (κ1) is 13.9. The third-order valence-corrected chi connectivity index (χ3v) is 3.55. The lowest BCUT2D eigenvalue weighted by molar-refractivity contribution is 0.826. The van der Waals surface area contributed by atoms with Crippen LogP contribution in [0.5, 0.6) is 0 Å². The molecule has 0 aliphatic carbocycles. The highest BCUT2D eigenvalue weighted by Crippen LogP contribution is 2.25. The van der Waals surface area contributed by atoms with Gasteiger partial charge in [0.15, 0.2) is 0 Å². The summed E-state index contributed by atoms with van der Waals surface area (Å²) in [5.41, 5.74) is 9.80. The van der Waals surface area contributed by atoms with Gasteiger partial charge in [0.05, 0.1) is 17.1 Å². The molecule has 0 saturated heterocycles. The summed E-state index contributed by atoms with van der Waals surface area (Å²) in [6.07, 6.45) is 0.764. The Labute approximate surface area is 129 Å². The second-order valence-electron chi connectivity index (χ2n) is 4.81. The Morgan fingerprint density at radius 3 is 2.38 bits per heavy atom.